The van der Waals surface area contributed by atoms with Crippen LogP contribution in [0.15, 0.2) is 30.3 Å². The van der Waals surface area contributed by atoms with E-state index >= 15 is 0 Å². The monoisotopic (exact) mass is 277 g/mol. The predicted molar refractivity (Wildman–Crippen MR) is 78.7 cm³/mol. The molecule has 3 atom stereocenters. The molecule has 0 bridgehead atoms. The molecule has 1 heterocycles. The molecular formula is C16H25N2O2+. The number of rotatable bonds is 5. The molecule has 0 aliphatic carbocycles. The number of ether oxygens (including phenoxy) is 1. The molecule has 4 heteroatoms. The minimum Gasteiger partial charge on any atom is -0.364 e. The van der Waals surface area contributed by atoms with E-state index in [1.807, 2.05) is 18.2 Å². The van der Waals surface area contributed by atoms with Crippen LogP contribution < -0.4 is 10.2 Å². The maximum atomic E-state index is 11.9. The quantitative estimate of drug-likeness (QED) is 0.798. The van der Waals surface area contributed by atoms with Crippen LogP contribution in [0.4, 0.5) is 0 Å². The molecule has 1 aliphatic rings. The molecule has 0 radical (unpaired) electrons. The molecule has 20 heavy (non-hydrogen) atoms. The molecule has 0 aromatic heterocycles. The first kappa shape index (κ1) is 15.0. The Kier molecular flexibility index (Phi) is 5.56. The van der Waals surface area contributed by atoms with Crippen LogP contribution in [0, 0.1) is 0 Å². The summed E-state index contributed by atoms with van der Waals surface area (Å²) >= 11 is 0. The highest BCUT2D eigenvalue weighted by molar-refractivity contribution is 5.76. The highest BCUT2D eigenvalue weighted by Crippen LogP contribution is 1.99. The second kappa shape index (κ2) is 7.41. The second-order valence-electron chi connectivity index (χ2n) is 5.68. The van der Waals surface area contributed by atoms with Crippen LogP contribution >= 0.6 is 0 Å². The van der Waals surface area contributed by atoms with Gasteiger partial charge in [0.05, 0.1) is 0 Å². The number of benzene rings is 1. The van der Waals surface area contributed by atoms with Gasteiger partial charge in [0.1, 0.15) is 25.3 Å². The van der Waals surface area contributed by atoms with Gasteiger partial charge in [0.2, 0.25) is 0 Å². The van der Waals surface area contributed by atoms with Gasteiger partial charge in [0, 0.05) is 6.54 Å². The molecule has 1 unspecified atom stereocenters. The van der Waals surface area contributed by atoms with E-state index in [-0.39, 0.29) is 18.1 Å². The number of carbonyl (C=O) groups excluding carboxylic acids is 1. The van der Waals surface area contributed by atoms with Crippen LogP contribution in [-0.2, 0) is 16.0 Å². The summed E-state index contributed by atoms with van der Waals surface area (Å²) in [5.41, 5.74) is 1.26. The minimum atomic E-state index is 0.136. The van der Waals surface area contributed by atoms with Crippen molar-refractivity contribution in [1.82, 2.24) is 5.32 Å². The molecule has 2 rings (SSSR count). The lowest BCUT2D eigenvalue weighted by molar-refractivity contribution is -0.907. The molecule has 4 nitrogen and oxygen atoms in total. The Morgan fingerprint density at radius 3 is 2.55 bits per heavy atom. The third-order valence-electron chi connectivity index (χ3n) is 3.61. The maximum absolute atomic E-state index is 11.9. The SMILES string of the molecule is C[C@@H]1C[NH+](CC(=O)NCCc2ccccc2)C[C@H](C)O1. The van der Waals surface area contributed by atoms with Crippen LogP contribution in [0.3, 0.4) is 0 Å². The van der Waals surface area contributed by atoms with Crippen molar-refractivity contribution >= 4 is 5.91 Å². The van der Waals surface area contributed by atoms with Crippen molar-refractivity contribution < 1.29 is 14.4 Å². The van der Waals surface area contributed by atoms with Crippen LogP contribution in [0.1, 0.15) is 19.4 Å². The van der Waals surface area contributed by atoms with E-state index in [2.05, 4.69) is 31.3 Å². The minimum absolute atomic E-state index is 0.136. The summed E-state index contributed by atoms with van der Waals surface area (Å²) < 4.78 is 5.68. The van der Waals surface area contributed by atoms with E-state index in [1.54, 1.807) is 0 Å². The van der Waals surface area contributed by atoms with E-state index in [0.717, 1.165) is 19.5 Å². The Morgan fingerprint density at radius 2 is 1.90 bits per heavy atom. The zero-order valence-corrected chi connectivity index (χ0v) is 12.4. The lowest BCUT2D eigenvalue weighted by Crippen LogP contribution is -3.16. The molecule has 1 fully saturated rings. The molecule has 0 saturated carbocycles. The van der Waals surface area contributed by atoms with Gasteiger partial charge < -0.3 is 15.0 Å². The number of hydrogen-bond donors (Lipinski definition) is 2. The van der Waals surface area contributed by atoms with Gasteiger partial charge in [-0.1, -0.05) is 30.3 Å². The Bertz CT molecular complexity index is 412. The van der Waals surface area contributed by atoms with Crippen molar-refractivity contribution in [2.75, 3.05) is 26.2 Å². The largest absolute Gasteiger partial charge is 0.364 e. The Morgan fingerprint density at radius 1 is 1.25 bits per heavy atom. The summed E-state index contributed by atoms with van der Waals surface area (Å²) in [5, 5.41) is 3.01. The standard InChI is InChI=1S/C16H24N2O2/c1-13-10-18(11-14(2)20-13)12-16(19)17-9-8-15-6-4-3-5-7-15/h3-7,13-14H,8-12H2,1-2H3,(H,17,19)/p+1/t13-,14+. The number of hydrogen-bond acceptors (Lipinski definition) is 2. The van der Waals surface area contributed by atoms with Gasteiger partial charge in [-0.05, 0) is 25.8 Å². The van der Waals surface area contributed by atoms with E-state index in [4.69, 9.17) is 4.74 Å². The van der Waals surface area contributed by atoms with Gasteiger partial charge >= 0.3 is 0 Å². The Hall–Kier alpha value is -1.39. The van der Waals surface area contributed by atoms with Crippen molar-refractivity contribution in [3.05, 3.63) is 35.9 Å². The molecule has 2 N–H and O–H groups in total. The lowest BCUT2D eigenvalue weighted by Gasteiger charge is -2.31. The predicted octanol–water partition coefficient (Wildman–Crippen LogP) is 0.0374. The number of quaternary nitrogens is 1. The zero-order valence-electron chi connectivity index (χ0n) is 12.4. The molecule has 1 saturated heterocycles. The van der Waals surface area contributed by atoms with Crippen LogP contribution in [-0.4, -0.2) is 44.3 Å². The summed E-state index contributed by atoms with van der Waals surface area (Å²) in [6, 6.07) is 10.2. The molecule has 110 valence electrons. The topological polar surface area (TPSA) is 42.8 Å². The first-order chi connectivity index (χ1) is 9.63. The highest BCUT2D eigenvalue weighted by Gasteiger charge is 2.26. The second-order valence-corrected chi connectivity index (χ2v) is 5.68. The van der Waals surface area contributed by atoms with Crippen LogP contribution in [0.25, 0.3) is 0 Å². The maximum Gasteiger partial charge on any atom is 0.275 e. The van der Waals surface area contributed by atoms with Gasteiger partial charge in [0.15, 0.2) is 6.54 Å². The Labute approximate surface area is 121 Å². The number of nitrogens with one attached hydrogen (secondary N) is 2. The number of carbonyl (C=O) groups is 1. The zero-order chi connectivity index (χ0) is 14.4. The smallest absolute Gasteiger partial charge is 0.275 e. The Balaban J connectivity index is 1.67. The molecular weight excluding hydrogens is 252 g/mol. The fraction of sp³-hybridized carbons (Fsp3) is 0.562. The van der Waals surface area contributed by atoms with E-state index in [0.29, 0.717) is 13.1 Å². The normalized spacial score (nSPS) is 26.2. The van der Waals surface area contributed by atoms with Gasteiger partial charge in [-0.2, -0.15) is 0 Å². The fourth-order valence-electron chi connectivity index (χ4n) is 2.81. The highest BCUT2D eigenvalue weighted by atomic mass is 16.5. The first-order valence-corrected chi connectivity index (χ1v) is 7.43. The molecule has 1 aromatic rings. The van der Waals surface area contributed by atoms with Crippen LogP contribution in [0.5, 0.6) is 0 Å². The van der Waals surface area contributed by atoms with Gasteiger partial charge in [-0.25, -0.2) is 0 Å². The summed E-state index contributed by atoms with van der Waals surface area (Å²) in [7, 11) is 0. The van der Waals surface area contributed by atoms with E-state index in [1.165, 1.54) is 10.5 Å². The number of amides is 1. The molecule has 1 aromatic carbocycles. The average molecular weight is 277 g/mol. The van der Waals surface area contributed by atoms with E-state index < -0.39 is 0 Å². The van der Waals surface area contributed by atoms with Crippen molar-refractivity contribution in [3.8, 4) is 0 Å². The first-order valence-electron chi connectivity index (χ1n) is 7.43. The summed E-state index contributed by atoms with van der Waals surface area (Å²) in [6.07, 6.45) is 1.37. The molecule has 0 spiro atoms. The third-order valence-corrected chi connectivity index (χ3v) is 3.61. The fourth-order valence-corrected chi connectivity index (χ4v) is 2.81. The average Bonchev–Trinajstić information content (AvgIpc) is 2.38. The molecule has 1 aliphatic heterocycles. The van der Waals surface area contributed by atoms with Crippen molar-refractivity contribution in [2.45, 2.75) is 32.5 Å². The van der Waals surface area contributed by atoms with Gasteiger partial charge in [-0.3, -0.25) is 4.79 Å². The van der Waals surface area contributed by atoms with Gasteiger partial charge in [-0.15, -0.1) is 0 Å². The summed E-state index contributed by atoms with van der Waals surface area (Å²) in [5.74, 6) is 0.136. The van der Waals surface area contributed by atoms with Crippen molar-refractivity contribution in [3.63, 3.8) is 0 Å². The molecule has 1 amide bonds. The van der Waals surface area contributed by atoms with Crippen LogP contribution in [0.2, 0.25) is 0 Å². The number of morpholine rings is 1. The van der Waals surface area contributed by atoms with Crippen molar-refractivity contribution in [1.29, 1.82) is 0 Å². The van der Waals surface area contributed by atoms with Gasteiger partial charge in [0.25, 0.3) is 5.91 Å². The van der Waals surface area contributed by atoms with E-state index in [9.17, 15) is 4.79 Å². The third kappa shape index (κ3) is 4.94. The summed E-state index contributed by atoms with van der Waals surface area (Å²) in [6.45, 7) is 7.23. The lowest BCUT2D eigenvalue weighted by atomic mass is 10.1. The van der Waals surface area contributed by atoms with Crippen molar-refractivity contribution in [2.24, 2.45) is 0 Å². The summed E-state index contributed by atoms with van der Waals surface area (Å²) in [4.78, 5) is 13.3.